The second-order valence-electron chi connectivity index (χ2n) is 5.90. The van der Waals surface area contributed by atoms with Crippen LogP contribution in [0.15, 0.2) is 65.8 Å². The highest BCUT2D eigenvalue weighted by Gasteiger charge is 2.12. The molecule has 0 atom stereocenters. The molecular weight excluding hydrogens is 358 g/mol. The molecule has 7 nitrogen and oxygen atoms in total. The van der Waals surface area contributed by atoms with Crippen LogP contribution < -0.4 is 15.5 Å². The summed E-state index contributed by atoms with van der Waals surface area (Å²) < 4.78 is 5.12. The normalized spacial score (nSPS) is 10.8. The van der Waals surface area contributed by atoms with Crippen molar-refractivity contribution in [3.05, 3.63) is 71.8 Å². The van der Waals surface area contributed by atoms with Crippen molar-refractivity contribution in [2.45, 2.75) is 0 Å². The zero-order chi connectivity index (χ0) is 19.9. The number of ether oxygens (including phenoxy) is 1. The molecule has 2 amide bonds. The quantitative estimate of drug-likeness (QED) is 0.454. The van der Waals surface area contributed by atoms with Gasteiger partial charge in [0, 0.05) is 5.56 Å². The van der Waals surface area contributed by atoms with Gasteiger partial charge in [0.05, 0.1) is 25.4 Å². The van der Waals surface area contributed by atoms with E-state index in [2.05, 4.69) is 15.8 Å². The van der Waals surface area contributed by atoms with Crippen LogP contribution in [-0.2, 0) is 4.79 Å². The monoisotopic (exact) mass is 377 g/mol. The third kappa shape index (κ3) is 4.27. The summed E-state index contributed by atoms with van der Waals surface area (Å²) in [6.07, 6.45) is 1.37. The first-order chi connectivity index (χ1) is 13.6. The Labute approximate surface area is 161 Å². The Balaban J connectivity index is 1.61. The lowest BCUT2D eigenvalue weighted by atomic mass is 10.0. The largest absolute Gasteiger partial charge is 0.507 e. The number of para-hydroxylation sites is 1. The van der Waals surface area contributed by atoms with Crippen LogP contribution in [0.4, 0.5) is 0 Å². The lowest BCUT2D eigenvalue weighted by Gasteiger charge is -2.08. The summed E-state index contributed by atoms with van der Waals surface area (Å²) in [4.78, 5) is 24.1. The Hall–Kier alpha value is -3.87. The zero-order valence-corrected chi connectivity index (χ0v) is 15.2. The molecule has 0 bridgehead atoms. The predicted octanol–water partition coefficient (Wildman–Crippen LogP) is 2.43. The summed E-state index contributed by atoms with van der Waals surface area (Å²) in [6.45, 7) is -0.254. The average molecular weight is 377 g/mol. The number of benzene rings is 3. The summed E-state index contributed by atoms with van der Waals surface area (Å²) >= 11 is 0. The molecule has 0 spiro atoms. The second kappa shape index (κ2) is 8.68. The van der Waals surface area contributed by atoms with Gasteiger partial charge in [0.2, 0.25) is 0 Å². The topological polar surface area (TPSA) is 100 Å². The molecule has 7 heteroatoms. The molecule has 28 heavy (non-hydrogen) atoms. The molecule has 0 saturated carbocycles. The molecule has 0 aliphatic heterocycles. The van der Waals surface area contributed by atoms with E-state index in [1.54, 1.807) is 36.4 Å². The van der Waals surface area contributed by atoms with Gasteiger partial charge in [0.15, 0.2) is 0 Å². The minimum atomic E-state index is -0.501. The summed E-state index contributed by atoms with van der Waals surface area (Å²) in [6, 6.07) is 17.6. The molecule has 0 radical (unpaired) electrons. The standard InChI is InChI=1S/C21H19N3O4/c1-28-19-9-5-4-8-16(19)21(27)22-13-20(26)24-23-12-17-15-7-3-2-6-14(15)10-11-18(17)25/h2-12,25H,13H2,1H3,(H,22,27)(H,24,26)/b23-12+. The number of rotatable bonds is 6. The molecule has 142 valence electrons. The van der Waals surface area contributed by atoms with Crippen LogP contribution in [0.3, 0.4) is 0 Å². The third-order valence-corrected chi connectivity index (χ3v) is 4.09. The number of carbonyl (C=O) groups is 2. The number of hydrazone groups is 1. The van der Waals surface area contributed by atoms with Gasteiger partial charge in [-0.15, -0.1) is 0 Å². The Morgan fingerprint density at radius 1 is 1.07 bits per heavy atom. The van der Waals surface area contributed by atoms with Gasteiger partial charge < -0.3 is 15.2 Å². The van der Waals surface area contributed by atoms with E-state index in [1.165, 1.54) is 13.3 Å². The molecule has 0 fully saturated rings. The molecule has 0 aliphatic rings. The first kappa shape index (κ1) is 18.9. The van der Waals surface area contributed by atoms with Gasteiger partial charge in [-0.1, -0.05) is 42.5 Å². The summed E-state index contributed by atoms with van der Waals surface area (Å²) in [5.74, 6) is -0.450. The average Bonchev–Trinajstić information content (AvgIpc) is 2.73. The van der Waals surface area contributed by atoms with Crippen molar-refractivity contribution in [3.63, 3.8) is 0 Å². The number of aromatic hydroxyl groups is 1. The maximum Gasteiger partial charge on any atom is 0.259 e. The second-order valence-corrected chi connectivity index (χ2v) is 5.90. The Morgan fingerprint density at radius 3 is 2.64 bits per heavy atom. The summed E-state index contributed by atoms with van der Waals surface area (Å²) in [5, 5.41) is 18.2. The number of nitrogens with zero attached hydrogens (tertiary/aromatic N) is 1. The van der Waals surface area contributed by atoms with Gasteiger partial charge in [0.25, 0.3) is 11.8 Å². The molecule has 0 aliphatic carbocycles. The predicted molar refractivity (Wildman–Crippen MR) is 107 cm³/mol. The fourth-order valence-corrected chi connectivity index (χ4v) is 2.72. The van der Waals surface area contributed by atoms with Gasteiger partial charge in [-0.25, -0.2) is 5.43 Å². The van der Waals surface area contributed by atoms with Crippen molar-refractivity contribution >= 4 is 28.8 Å². The number of nitrogens with one attached hydrogen (secondary N) is 2. The number of methoxy groups -OCH3 is 1. The van der Waals surface area contributed by atoms with Crippen LogP contribution in [0, 0.1) is 0 Å². The number of hydrogen-bond donors (Lipinski definition) is 3. The molecule has 3 N–H and O–H groups in total. The third-order valence-electron chi connectivity index (χ3n) is 4.09. The fourth-order valence-electron chi connectivity index (χ4n) is 2.72. The molecule has 0 unspecified atom stereocenters. The van der Waals surface area contributed by atoms with Crippen molar-refractivity contribution in [2.24, 2.45) is 5.10 Å². The number of phenolic OH excluding ortho intramolecular Hbond substituents is 1. The SMILES string of the molecule is COc1ccccc1C(=O)NCC(=O)N/N=C/c1c(O)ccc2ccccc12. The Morgan fingerprint density at radius 2 is 1.82 bits per heavy atom. The number of hydrogen-bond acceptors (Lipinski definition) is 5. The molecule has 3 aromatic carbocycles. The van der Waals surface area contributed by atoms with Crippen LogP contribution in [0.2, 0.25) is 0 Å². The lowest BCUT2D eigenvalue weighted by molar-refractivity contribution is -0.120. The first-order valence-corrected chi connectivity index (χ1v) is 8.54. The van der Waals surface area contributed by atoms with E-state index in [9.17, 15) is 14.7 Å². The van der Waals surface area contributed by atoms with Crippen LogP contribution in [0.5, 0.6) is 11.5 Å². The van der Waals surface area contributed by atoms with E-state index in [4.69, 9.17) is 4.74 Å². The fraction of sp³-hybridized carbons (Fsp3) is 0.0952. The maximum atomic E-state index is 12.2. The highest BCUT2D eigenvalue weighted by atomic mass is 16.5. The van der Waals surface area contributed by atoms with Gasteiger partial charge >= 0.3 is 0 Å². The van der Waals surface area contributed by atoms with E-state index in [0.717, 1.165) is 10.8 Å². The summed E-state index contributed by atoms with van der Waals surface area (Å²) in [5.41, 5.74) is 3.16. The van der Waals surface area contributed by atoms with Gasteiger partial charge in [-0.05, 0) is 29.0 Å². The van der Waals surface area contributed by atoms with Crippen LogP contribution in [0.25, 0.3) is 10.8 Å². The minimum Gasteiger partial charge on any atom is -0.507 e. The molecule has 3 aromatic rings. The number of carbonyl (C=O) groups excluding carboxylic acids is 2. The highest BCUT2D eigenvalue weighted by Crippen LogP contribution is 2.25. The highest BCUT2D eigenvalue weighted by molar-refractivity contribution is 6.03. The number of amides is 2. The van der Waals surface area contributed by atoms with E-state index in [0.29, 0.717) is 16.9 Å². The molecule has 0 aromatic heterocycles. The van der Waals surface area contributed by atoms with Crippen LogP contribution in [0.1, 0.15) is 15.9 Å². The first-order valence-electron chi connectivity index (χ1n) is 8.54. The molecule has 3 rings (SSSR count). The smallest absolute Gasteiger partial charge is 0.259 e. The minimum absolute atomic E-state index is 0.0566. The maximum absolute atomic E-state index is 12.2. The molecular formula is C21H19N3O4. The van der Waals surface area contributed by atoms with Gasteiger partial charge in [-0.2, -0.15) is 5.10 Å². The lowest BCUT2D eigenvalue weighted by Crippen LogP contribution is -2.35. The molecule has 0 saturated heterocycles. The Kier molecular flexibility index (Phi) is 5.86. The Bertz CT molecular complexity index is 1050. The van der Waals surface area contributed by atoms with E-state index in [1.807, 2.05) is 24.3 Å². The number of phenols is 1. The van der Waals surface area contributed by atoms with E-state index >= 15 is 0 Å². The van der Waals surface area contributed by atoms with Crippen molar-refractivity contribution in [2.75, 3.05) is 13.7 Å². The molecule has 0 heterocycles. The number of fused-ring (bicyclic) bond motifs is 1. The van der Waals surface area contributed by atoms with Crippen molar-refractivity contribution in [1.29, 1.82) is 0 Å². The van der Waals surface area contributed by atoms with E-state index in [-0.39, 0.29) is 12.3 Å². The van der Waals surface area contributed by atoms with Gasteiger partial charge in [0.1, 0.15) is 11.5 Å². The van der Waals surface area contributed by atoms with Crippen molar-refractivity contribution in [1.82, 2.24) is 10.7 Å². The van der Waals surface area contributed by atoms with Crippen LogP contribution >= 0.6 is 0 Å². The zero-order valence-electron chi connectivity index (χ0n) is 15.2. The van der Waals surface area contributed by atoms with Crippen LogP contribution in [-0.4, -0.2) is 36.8 Å². The van der Waals surface area contributed by atoms with Gasteiger partial charge in [-0.3, -0.25) is 9.59 Å². The summed E-state index contributed by atoms with van der Waals surface area (Å²) in [7, 11) is 1.47. The van der Waals surface area contributed by atoms with Crippen molar-refractivity contribution in [3.8, 4) is 11.5 Å². The van der Waals surface area contributed by atoms with E-state index < -0.39 is 11.8 Å². The van der Waals surface area contributed by atoms with Crippen molar-refractivity contribution < 1.29 is 19.4 Å².